The van der Waals surface area contributed by atoms with Crippen molar-refractivity contribution in [2.24, 2.45) is 0 Å². The lowest BCUT2D eigenvalue weighted by Crippen LogP contribution is -1.92. The lowest BCUT2D eigenvalue weighted by atomic mass is 10.2. The van der Waals surface area contributed by atoms with Crippen LogP contribution in [0.25, 0.3) is 0 Å². The van der Waals surface area contributed by atoms with Crippen molar-refractivity contribution in [3.8, 4) is 11.8 Å². The maximum atomic E-state index is 12.7. The quantitative estimate of drug-likeness (QED) is 0.317. The third-order valence-electron chi connectivity index (χ3n) is 1.30. The molecule has 0 radical (unpaired) electrons. The molecule has 0 aliphatic carbocycles. The number of hydrogen-bond donors (Lipinski definition) is 1. The van der Waals surface area contributed by atoms with E-state index in [1.807, 2.05) is 0 Å². The third kappa shape index (κ3) is 2.56. The largest absolute Gasteiger partial charge is 0.298 e. The molecule has 0 bridgehead atoms. The highest BCUT2D eigenvalue weighted by Gasteiger charge is 2.01. The minimum Gasteiger partial charge on any atom is -0.298 e. The summed E-state index contributed by atoms with van der Waals surface area (Å²) in [4.78, 5) is 13.7. The maximum absolute atomic E-state index is 12.7. The van der Waals surface area contributed by atoms with E-state index in [1.165, 1.54) is 12.3 Å². The van der Waals surface area contributed by atoms with Crippen molar-refractivity contribution < 1.29 is 9.18 Å². The zero-order chi connectivity index (χ0) is 9.68. The Morgan fingerprint density at radius 2 is 2.46 bits per heavy atom. The minimum atomic E-state index is -0.772. The molecule has 0 aliphatic rings. The van der Waals surface area contributed by atoms with Gasteiger partial charge < -0.3 is 0 Å². The first-order valence-electron chi connectivity index (χ1n) is 3.48. The zero-order valence-electron chi connectivity index (χ0n) is 6.62. The molecular formula is C9H6FNOS. The number of aldehydes is 1. The van der Waals surface area contributed by atoms with Gasteiger partial charge in [-0.1, -0.05) is 11.8 Å². The summed E-state index contributed by atoms with van der Waals surface area (Å²) in [5, 5.41) is 0. The highest BCUT2D eigenvalue weighted by atomic mass is 32.1. The summed E-state index contributed by atoms with van der Waals surface area (Å²) in [6.07, 6.45) is 1.69. The monoisotopic (exact) mass is 195 g/mol. The number of carbonyl (C=O) groups excluding carboxylic acids is 1. The van der Waals surface area contributed by atoms with Crippen molar-refractivity contribution in [3.63, 3.8) is 0 Å². The predicted molar refractivity (Wildman–Crippen MR) is 50.3 cm³/mol. The molecule has 1 rings (SSSR count). The highest BCUT2D eigenvalue weighted by Crippen LogP contribution is 2.03. The maximum Gasteiger partial charge on any atom is 0.223 e. The second kappa shape index (κ2) is 4.63. The molecule has 0 spiro atoms. The van der Waals surface area contributed by atoms with Gasteiger partial charge >= 0.3 is 0 Å². The molecule has 0 saturated carbocycles. The van der Waals surface area contributed by atoms with E-state index < -0.39 is 5.95 Å². The number of aromatic nitrogens is 1. The van der Waals surface area contributed by atoms with Crippen LogP contribution < -0.4 is 0 Å². The smallest absolute Gasteiger partial charge is 0.223 e. The van der Waals surface area contributed by atoms with Crippen molar-refractivity contribution in [2.45, 2.75) is 0 Å². The molecule has 13 heavy (non-hydrogen) atoms. The number of halogens is 1. The normalized spacial score (nSPS) is 8.77. The summed E-state index contributed by atoms with van der Waals surface area (Å²) >= 11 is 3.88. The standard InChI is InChI=1S/C9H6FNOS/c10-9-8(6-12)4-7(5-11-9)2-1-3-13/h4-6,13H,3H2. The fraction of sp³-hybridized carbons (Fsp3) is 0.111. The van der Waals surface area contributed by atoms with Crippen molar-refractivity contribution in [1.29, 1.82) is 0 Å². The highest BCUT2D eigenvalue weighted by molar-refractivity contribution is 7.80. The van der Waals surface area contributed by atoms with E-state index in [0.29, 0.717) is 17.6 Å². The SMILES string of the molecule is O=Cc1cc(C#CCS)cnc1F. The number of carbonyl (C=O) groups is 1. The van der Waals surface area contributed by atoms with Crippen LogP contribution in [0.1, 0.15) is 15.9 Å². The Balaban J connectivity index is 3.06. The van der Waals surface area contributed by atoms with Crippen molar-refractivity contribution >= 4 is 18.9 Å². The number of rotatable bonds is 1. The molecule has 0 aliphatic heterocycles. The summed E-state index contributed by atoms with van der Waals surface area (Å²) in [6.45, 7) is 0. The number of hydrogen-bond acceptors (Lipinski definition) is 3. The lowest BCUT2D eigenvalue weighted by molar-refractivity contribution is 0.111. The topological polar surface area (TPSA) is 30.0 Å². The van der Waals surface area contributed by atoms with Crippen LogP contribution in [0.4, 0.5) is 4.39 Å². The van der Waals surface area contributed by atoms with Crippen LogP contribution in [0.2, 0.25) is 0 Å². The molecule has 0 N–H and O–H groups in total. The first-order chi connectivity index (χ1) is 6.27. The first-order valence-corrected chi connectivity index (χ1v) is 4.11. The van der Waals surface area contributed by atoms with Crippen LogP contribution in [0.15, 0.2) is 12.3 Å². The van der Waals surface area contributed by atoms with Gasteiger partial charge in [0.15, 0.2) is 6.29 Å². The zero-order valence-corrected chi connectivity index (χ0v) is 7.51. The molecule has 2 nitrogen and oxygen atoms in total. The van der Waals surface area contributed by atoms with Crippen LogP contribution in [0, 0.1) is 17.8 Å². The van der Waals surface area contributed by atoms with Gasteiger partial charge in [0.2, 0.25) is 5.95 Å². The Morgan fingerprint density at radius 3 is 3.08 bits per heavy atom. The van der Waals surface area contributed by atoms with E-state index in [1.54, 1.807) is 0 Å². The van der Waals surface area contributed by atoms with Crippen LogP contribution in [-0.4, -0.2) is 17.0 Å². The van der Waals surface area contributed by atoms with Gasteiger partial charge in [-0.05, 0) is 6.07 Å². The summed E-state index contributed by atoms with van der Waals surface area (Å²) in [6, 6.07) is 1.35. The summed E-state index contributed by atoms with van der Waals surface area (Å²) in [5.41, 5.74) is 0.434. The van der Waals surface area contributed by atoms with Crippen molar-refractivity contribution in [1.82, 2.24) is 4.98 Å². The number of pyridine rings is 1. The number of thiol groups is 1. The minimum absolute atomic E-state index is 0.0778. The summed E-state index contributed by atoms with van der Waals surface area (Å²) in [7, 11) is 0. The first kappa shape index (κ1) is 9.75. The molecule has 1 heterocycles. The predicted octanol–water partition coefficient (Wildman–Crippen LogP) is 1.31. The fourth-order valence-corrected chi connectivity index (χ4v) is 0.837. The Hall–Kier alpha value is -1.34. The van der Waals surface area contributed by atoms with E-state index in [9.17, 15) is 9.18 Å². The van der Waals surface area contributed by atoms with Gasteiger partial charge in [-0.15, -0.1) is 0 Å². The second-order valence-corrected chi connectivity index (χ2v) is 2.50. The van der Waals surface area contributed by atoms with Crippen LogP contribution in [0.5, 0.6) is 0 Å². The van der Waals surface area contributed by atoms with Gasteiger partial charge in [0, 0.05) is 11.8 Å². The average molecular weight is 195 g/mol. The van der Waals surface area contributed by atoms with Crippen LogP contribution in [0.3, 0.4) is 0 Å². The Labute approximate surface area is 80.6 Å². The molecule has 1 aromatic rings. The van der Waals surface area contributed by atoms with E-state index >= 15 is 0 Å². The van der Waals surface area contributed by atoms with Crippen molar-refractivity contribution in [3.05, 3.63) is 29.3 Å². The van der Waals surface area contributed by atoms with E-state index in [0.717, 1.165) is 0 Å². The molecule has 4 heteroatoms. The molecule has 0 aromatic carbocycles. The fourth-order valence-electron chi connectivity index (χ4n) is 0.758. The number of nitrogens with zero attached hydrogens (tertiary/aromatic N) is 1. The van der Waals surface area contributed by atoms with E-state index in [2.05, 4.69) is 29.5 Å². The molecule has 0 fully saturated rings. The molecule has 0 atom stereocenters. The van der Waals surface area contributed by atoms with Crippen LogP contribution in [-0.2, 0) is 0 Å². The third-order valence-corrected chi connectivity index (χ3v) is 1.46. The van der Waals surface area contributed by atoms with Gasteiger partial charge in [-0.2, -0.15) is 17.0 Å². The van der Waals surface area contributed by atoms with E-state index in [-0.39, 0.29) is 5.56 Å². The lowest BCUT2D eigenvalue weighted by Gasteiger charge is -1.93. The summed E-state index contributed by atoms with van der Waals surface area (Å²) < 4.78 is 12.7. The molecule has 1 aromatic heterocycles. The Bertz CT molecular complexity index is 381. The van der Waals surface area contributed by atoms with Gasteiger partial charge in [0.25, 0.3) is 0 Å². The van der Waals surface area contributed by atoms with Gasteiger partial charge in [0.1, 0.15) is 0 Å². The van der Waals surface area contributed by atoms with Gasteiger partial charge in [-0.25, -0.2) is 4.98 Å². The van der Waals surface area contributed by atoms with Gasteiger partial charge in [-0.3, -0.25) is 4.79 Å². The van der Waals surface area contributed by atoms with Gasteiger partial charge in [0.05, 0.1) is 11.3 Å². The average Bonchev–Trinajstić information content (AvgIpc) is 2.16. The Morgan fingerprint density at radius 1 is 1.69 bits per heavy atom. The molecule has 0 amide bonds. The molecule has 66 valence electrons. The molecule has 0 saturated heterocycles. The molecular weight excluding hydrogens is 189 g/mol. The Kier molecular flexibility index (Phi) is 3.47. The second-order valence-electron chi connectivity index (χ2n) is 2.18. The summed E-state index contributed by atoms with van der Waals surface area (Å²) in [5.74, 6) is 4.99. The van der Waals surface area contributed by atoms with Crippen LogP contribution >= 0.6 is 12.6 Å². The van der Waals surface area contributed by atoms with Crippen molar-refractivity contribution in [2.75, 3.05) is 5.75 Å². The van der Waals surface area contributed by atoms with E-state index in [4.69, 9.17) is 0 Å². The molecule has 0 unspecified atom stereocenters.